The number of aliphatic hydroxyl groups excluding tert-OH is 1. The predicted molar refractivity (Wildman–Crippen MR) is 61.2 cm³/mol. The molecule has 0 aliphatic carbocycles. The van der Waals surface area contributed by atoms with Crippen LogP contribution in [0.5, 0.6) is 0 Å². The van der Waals surface area contributed by atoms with Crippen molar-refractivity contribution in [2.24, 2.45) is 0 Å². The molecule has 0 amide bonds. The van der Waals surface area contributed by atoms with Crippen LogP contribution in [-0.2, 0) is 9.53 Å². The molecule has 0 radical (unpaired) electrons. The van der Waals surface area contributed by atoms with Gasteiger partial charge in [0.05, 0.1) is 19.1 Å². The summed E-state index contributed by atoms with van der Waals surface area (Å²) < 4.78 is 4.80. The van der Waals surface area contributed by atoms with Crippen molar-refractivity contribution in [3.8, 4) is 0 Å². The van der Waals surface area contributed by atoms with Crippen molar-refractivity contribution in [1.29, 1.82) is 0 Å². The number of aliphatic hydroxyl groups is 1. The van der Waals surface area contributed by atoms with E-state index in [0.29, 0.717) is 13.2 Å². The van der Waals surface area contributed by atoms with E-state index in [1.807, 2.05) is 0 Å². The standard InChI is InChI=1S/C11H22N2O3/c1-2-16-11(15)8-10(14)9-13-6-3-4-12-5-7-13/h10,12,14H,2-9H2,1H3. The van der Waals surface area contributed by atoms with Crippen molar-refractivity contribution in [3.05, 3.63) is 0 Å². The highest BCUT2D eigenvalue weighted by Crippen LogP contribution is 2.01. The van der Waals surface area contributed by atoms with Crippen LogP contribution in [0.15, 0.2) is 0 Å². The Morgan fingerprint density at radius 3 is 3.06 bits per heavy atom. The van der Waals surface area contributed by atoms with Crippen LogP contribution in [0, 0.1) is 0 Å². The quantitative estimate of drug-likeness (QED) is 0.629. The van der Waals surface area contributed by atoms with Gasteiger partial charge in [0.15, 0.2) is 0 Å². The second-order valence-corrected chi connectivity index (χ2v) is 4.07. The first kappa shape index (κ1) is 13.4. The lowest BCUT2D eigenvalue weighted by molar-refractivity contribution is -0.145. The average Bonchev–Trinajstić information content (AvgIpc) is 2.46. The average molecular weight is 230 g/mol. The maximum Gasteiger partial charge on any atom is 0.308 e. The number of β-amino-alcohol motifs (C(OH)–C–C–N with tert-alkyl or cyclic N) is 1. The van der Waals surface area contributed by atoms with Crippen LogP contribution in [0.4, 0.5) is 0 Å². The largest absolute Gasteiger partial charge is 0.466 e. The van der Waals surface area contributed by atoms with Crippen molar-refractivity contribution >= 4 is 5.97 Å². The van der Waals surface area contributed by atoms with Crippen molar-refractivity contribution in [2.45, 2.75) is 25.9 Å². The van der Waals surface area contributed by atoms with Gasteiger partial charge in [-0.2, -0.15) is 0 Å². The van der Waals surface area contributed by atoms with Crippen LogP contribution in [0.3, 0.4) is 0 Å². The van der Waals surface area contributed by atoms with Crippen LogP contribution in [0.25, 0.3) is 0 Å². The number of nitrogens with zero attached hydrogens (tertiary/aromatic N) is 1. The van der Waals surface area contributed by atoms with E-state index >= 15 is 0 Å². The zero-order valence-corrected chi connectivity index (χ0v) is 9.95. The third-order valence-electron chi connectivity index (χ3n) is 2.61. The molecule has 2 N–H and O–H groups in total. The Morgan fingerprint density at radius 2 is 2.31 bits per heavy atom. The molecule has 1 rings (SSSR count). The molecule has 1 heterocycles. The second kappa shape index (κ2) is 7.60. The van der Waals surface area contributed by atoms with E-state index in [2.05, 4.69) is 10.2 Å². The second-order valence-electron chi connectivity index (χ2n) is 4.07. The molecule has 1 saturated heterocycles. The molecule has 5 nitrogen and oxygen atoms in total. The number of nitrogens with one attached hydrogen (secondary N) is 1. The maximum absolute atomic E-state index is 11.1. The van der Waals surface area contributed by atoms with Gasteiger partial charge in [-0.25, -0.2) is 0 Å². The van der Waals surface area contributed by atoms with Gasteiger partial charge in [-0.05, 0) is 26.4 Å². The molecule has 1 atom stereocenters. The minimum absolute atomic E-state index is 0.0950. The third-order valence-corrected chi connectivity index (χ3v) is 2.61. The van der Waals surface area contributed by atoms with Gasteiger partial charge in [0.2, 0.25) is 0 Å². The number of ether oxygens (including phenoxy) is 1. The highest BCUT2D eigenvalue weighted by molar-refractivity contribution is 5.69. The smallest absolute Gasteiger partial charge is 0.308 e. The number of esters is 1. The molecule has 0 aromatic carbocycles. The first-order valence-electron chi connectivity index (χ1n) is 5.99. The zero-order chi connectivity index (χ0) is 11.8. The first-order chi connectivity index (χ1) is 7.72. The van der Waals surface area contributed by atoms with E-state index in [9.17, 15) is 9.90 Å². The highest BCUT2D eigenvalue weighted by atomic mass is 16.5. The third kappa shape index (κ3) is 5.44. The van der Waals surface area contributed by atoms with Crippen LogP contribution in [-0.4, -0.2) is 61.4 Å². The molecule has 1 aliphatic heterocycles. The van der Waals surface area contributed by atoms with Crippen LogP contribution < -0.4 is 5.32 Å². The van der Waals surface area contributed by atoms with Crippen molar-refractivity contribution < 1.29 is 14.6 Å². The number of hydrogen-bond acceptors (Lipinski definition) is 5. The van der Waals surface area contributed by atoms with Gasteiger partial charge in [0.1, 0.15) is 0 Å². The lowest BCUT2D eigenvalue weighted by Crippen LogP contribution is -2.36. The summed E-state index contributed by atoms with van der Waals surface area (Å²) in [6.07, 6.45) is 0.571. The molecule has 5 heteroatoms. The van der Waals surface area contributed by atoms with Gasteiger partial charge in [-0.15, -0.1) is 0 Å². The number of hydrogen-bond donors (Lipinski definition) is 2. The Morgan fingerprint density at radius 1 is 1.50 bits per heavy atom. The number of carbonyl (C=O) groups excluding carboxylic acids is 1. The Labute approximate surface area is 96.8 Å². The predicted octanol–water partition coefficient (Wildman–Crippen LogP) is -0.404. The molecule has 1 fully saturated rings. The van der Waals surface area contributed by atoms with E-state index in [1.165, 1.54) is 0 Å². The fraction of sp³-hybridized carbons (Fsp3) is 0.909. The maximum atomic E-state index is 11.1. The molecular weight excluding hydrogens is 208 g/mol. The van der Waals surface area contributed by atoms with Crippen LogP contribution >= 0.6 is 0 Å². The Kier molecular flexibility index (Phi) is 6.37. The highest BCUT2D eigenvalue weighted by Gasteiger charge is 2.16. The minimum Gasteiger partial charge on any atom is -0.466 e. The molecule has 0 saturated carbocycles. The monoisotopic (exact) mass is 230 g/mol. The van der Waals surface area contributed by atoms with Gasteiger partial charge in [0, 0.05) is 19.6 Å². The summed E-state index contributed by atoms with van der Waals surface area (Å²) in [5, 5.41) is 13.0. The number of carbonyl (C=O) groups is 1. The van der Waals surface area contributed by atoms with Gasteiger partial charge in [0.25, 0.3) is 0 Å². The molecule has 0 aromatic rings. The van der Waals surface area contributed by atoms with Gasteiger partial charge in [-0.3, -0.25) is 9.69 Å². The van der Waals surface area contributed by atoms with Gasteiger partial charge >= 0.3 is 5.97 Å². The van der Waals surface area contributed by atoms with Crippen molar-refractivity contribution in [3.63, 3.8) is 0 Å². The lowest BCUT2D eigenvalue weighted by Gasteiger charge is -2.22. The van der Waals surface area contributed by atoms with Crippen LogP contribution in [0.2, 0.25) is 0 Å². The molecule has 0 aromatic heterocycles. The van der Waals surface area contributed by atoms with E-state index in [1.54, 1.807) is 6.92 Å². The van der Waals surface area contributed by atoms with E-state index in [-0.39, 0.29) is 12.4 Å². The summed E-state index contributed by atoms with van der Waals surface area (Å²) in [6.45, 7) is 6.59. The topological polar surface area (TPSA) is 61.8 Å². The zero-order valence-electron chi connectivity index (χ0n) is 9.95. The lowest BCUT2D eigenvalue weighted by atomic mass is 10.2. The Bertz CT molecular complexity index is 203. The molecule has 16 heavy (non-hydrogen) atoms. The fourth-order valence-electron chi connectivity index (χ4n) is 1.86. The molecule has 0 spiro atoms. The van der Waals surface area contributed by atoms with E-state index < -0.39 is 6.10 Å². The molecule has 1 unspecified atom stereocenters. The summed E-state index contributed by atoms with van der Waals surface area (Å²) in [6, 6.07) is 0. The molecular formula is C11H22N2O3. The fourth-order valence-corrected chi connectivity index (χ4v) is 1.86. The summed E-state index contributed by atoms with van der Waals surface area (Å²) in [5.74, 6) is -0.317. The Balaban J connectivity index is 2.21. The molecule has 1 aliphatic rings. The van der Waals surface area contributed by atoms with E-state index in [0.717, 1.165) is 32.6 Å². The summed E-state index contributed by atoms with van der Waals surface area (Å²) in [4.78, 5) is 13.3. The molecule has 0 bridgehead atoms. The van der Waals surface area contributed by atoms with Crippen molar-refractivity contribution in [2.75, 3.05) is 39.3 Å². The van der Waals surface area contributed by atoms with Gasteiger partial charge in [-0.1, -0.05) is 0 Å². The SMILES string of the molecule is CCOC(=O)CC(O)CN1CCCNCC1. The van der Waals surface area contributed by atoms with E-state index in [4.69, 9.17) is 4.74 Å². The summed E-state index contributed by atoms with van der Waals surface area (Å²) in [7, 11) is 0. The first-order valence-corrected chi connectivity index (χ1v) is 5.99. The summed E-state index contributed by atoms with van der Waals surface area (Å²) >= 11 is 0. The normalized spacial score (nSPS) is 20.1. The Hall–Kier alpha value is -0.650. The number of rotatable bonds is 5. The minimum atomic E-state index is -0.614. The molecule has 94 valence electrons. The summed E-state index contributed by atoms with van der Waals surface area (Å²) in [5.41, 5.74) is 0. The van der Waals surface area contributed by atoms with Crippen LogP contribution in [0.1, 0.15) is 19.8 Å². The van der Waals surface area contributed by atoms with Gasteiger partial charge < -0.3 is 15.2 Å². The van der Waals surface area contributed by atoms with Crippen molar-refractivity contribution in [1.82, 2.24) is 10.2 Å².